The second-order valence-electron chi connectivity index (χ2n) is 9.80. The number of hydrogen-bond acceptors (Lipinski definition) is 6. The first-order valence-electron chi connectivity index (χ1n) is 12.5. The summed E-state index contributed by atoms with van der Waals surface area (Å²) in [4.78, 5) is 36.9. The van der Waals surface area contributed by atoms with Crippen LogP contribution in [0.25, 0.3) is 11.3 Å². The highest BCUT2D eigenvalue weighted by Crippen LogP contribution is 2.33. The van der Waals surface area contributed by atoms with Crippen LogP contribution in [0.5, 0.6) is 0 Å². The number of nitrogens with one attached hydrogen (secondary N) is 2. The molecule has 0 unspecified atom stereocenters. The summed E-state index contributed by atoms with van der Waals surface area (Å²) in [7, 11) is 0. The fourth-order valence-electron chi connectivity index (χ4n) is 4.71. The summed E-state index contributed by atoms with van der Waals surface area (Å²) in [5, 5.41) is 16.5. The van der Waals surface area contributed by atoms with Crippen LogP contribution < -0.4 is 10.6 Å². The molecular formula is C28H30ClN5O3. The van der Waals surface area contributed by atoms with E-state index in [0.29, 0.717) is 34.8 Å². The summed E-state index contributed by atoms with van der Waals surface area (Å²) < 4.78 is 0. The van der Waals surface area contributed by atoms with Crippen LogP contribution in [0, 0.1) is 6.92 Å². The van der Waals surface area contributed by atoms with Crippen LogP contribution in [0.15, 0.2) is 48.7 Å². The van der Waals surface area contributed by atoms with Crippen LogP contribution in [0.3, 0.4) is 0 Å². The lowest BCUT2D eigenvalue weighted by molar-refractivity contribution is -0.126. The molecule has 0 bridgehead atoms. The Morgan fingerprint density at radius 2 is 2.05 bits per heavy atom. The average Bonchev–Trinajstić information content (AvgIpc) is 3.20. The molecule has 1 aliphatic heterocycles. The van der Waals surface area contributed by atoms with E-state index in [4.69, 9.17) is 11.6 Å². The maximum atomic E-state index is 13.4. The minimum absolute atomic E-state index is 0.228. The van der Waals surface area contributed by atoms with E-state index < -0.39 is 12.1 Å². The van der Waals surface area contributed by atoms with E-state index in [9.17, 15) is 14.7 Å². The Morgan fingerprint density at radius 3 is 2.76 bits per heavy atom. The minimum Gasteiger partial charge on any atom is -0.394 e. The third kappa shape index (κ3) is 5.17. The van der Waals surface area contributed by atoms with Crippen molar-refractivity contribution in [1.82, 2.24) is 20.2 Å². The number of nitrogens with zero attached hydrogens (tertiary/aromatic N) is 3. The summed E-state index contributed by atoms with van der Waals surface area (Å²) in [5.41, 5.74) is 4.49. The Hall–Kier alpha value is -3.49. The molecule has 2 aromatic carbocycles. The molecule has 5 rings (SSSR count). The lowest BCUT2D eigenvalue weighted by Crippen LogP contribution is -2.46. The predicted molar refractivity (Wildman–Crippen MR) is 142 cm³/mol. The second kappa shape index (κ2) is 10.5. The van der Waals surface area contributed by atoms with Gasteiger partial charge in [-0.25, -0.2) is 9.97 Å². The number of rotatable bonds is 8. The zero-order chi connectivity index (χ0) is 26.1. The zero-order valence-corrected chi connectivity index (χ0v) is 21.6. The fraction of sp³-hybridized carbons (Fsp3) is 0.357. The fourth-order valence-corrected chi connectivity index (χ4v) is 4.91. The van der Waals surface area contributed by atoms with Crippen molar-refractivity contribution in [3.05, 3.63) is 75.9 Å². The van der Waals surface area contributed by atoms with Gasteiger partial charge in [0.1, 0.15) is 6.04 Å². The molecule has 1 aromatic heterocycles. The number of aryl methyl sites for hydroxylation is 1. The van der Waals surface area contributed by atoms with Gasteiger partial charge in [0, 0.05) is 23.7 Å². The molecular weight excluding hydrogens is 490 g/mol. The molecule has 2 aliphatic rings. The molecule has 2 heterocycles. The SMILES string of the molecule is Cc1cccc([C@@H](CO)NC(=O)[C@@H](C)N2Cc3ccc(-c4nc(NC5CCC5)ncc4Cl)cc3C2=O)c1. The monoisotopic (exact) mass is 519 g/mol. The third-order valence-electron chi connectivity index (χ3n) is 7.19. The van der Waals surface area contributed by atoms with E-state index in [1.54, 1.807) is 24.1 Å². The van der Waals surface area contributed by atoms with Gasteiger partial charge < -0.3 is 20.6 Å². The number of benzene rings is 2. The third-order valence-corrected chi connectivity index (χ3v) is 7.46. The van der Waals surface area contributed by atoms with Crippen LogP contribution >= 0.6 is 11.6 Å². The number of aliphatic hydroxyl groups excluding tert-OH is 1. The molecule has 37 heavy (non-hydrogen) atoms. The van der Waals surface area contributed by atoms with Gasteiger partial charge in [-0.15, -0.1) is 0 Å². The van der Waals surface area contributed by atoms with E-state index in [1.165, 1.54) is 6.42 Å². The van der Waals surface area contributed by atoms with Gasteiger partial charge in [0.05, 0.1) is 29.6 Å². The Balaban J connectivity index is 1.32. The molecule has 1 saturated carbocycles. The van der Waals surface area contributed by atoms with Crippen molar-refractivity contribution in [3.63, 3.8) is 0 Å². The molecule has 2 atom stereocenters. The van der Waals surface area contributed by atoms with Crippen molar-refractivity contribution in [2.24, 2.45) is 0 Å². The van der Waals surface area contributed by atoms with Crippen molar-refractivity contribution >= 4 is 29.4 Å². The zero-order valence-electron chi connectivity index (χ0n) is 20.9. The number of hydrogen-bond donors (Lipinski definition) is 3. The van der Waals surface area contributed by atoms with E-state index in [-0.39, 0.29) is 18.4 Å². The van der Waals surface area contributed by atoms with Crippen LogP contribution in [0.4, 0.5) is 5.95 Å². The van der Waals surface area contributed by atoms with Crippen LogP contribution in [-0.4, -0.2) is 50.5 Å². The van der Waals surface area contributed by atoms with Gasteiger partial charge in [-0.05, 0) is 50.3 Å². The Morgan fingerprint density at radius 1 is 1.24 bits per heavy atom. The van der Waals surface area contributed by atoms with E-state index in [1.807, 2.05) is 43.3 Å². The summed E-state index contributed by atoms with van der Waals surface area (Å²) in [6.45, 7) is 3.74. The average molecular weight is 520 g/mol. The molecule has 3 aromatic rings. The normalized spacial score (nSPS) is 16.6. The maximum Gasteiger partial charge on any atom is 0.255 e. The molecule has 9 heteroatoms. The molecule has 1 fully saturated rings. The number of aromatic nitrogens is 2. The smallest absolute Gasteiger partial charge is 0.255 e. The highest BCUT2D eigenvalue weighted by Gasteiger charge is 2.35. The van der Waals surface area contributed by atoms with Gasteiger partial charge in [-0.3, -0.25) is 9.59 Å². The van der Waals surface area contributed by atoms with Gasteiger partial charge >= 0.3 is 0 Å². The van der Waals surface area contributed by atoms with Gasteiger partial charge in [0.25, 0.3) is 5.91 Å². The first-order valence-corrected chi connectivity index (χ1v) is 12.9. The van der Waals surface area contributed by atoms with Crippen molar-refractivity contribution in [3.8, 4) is 11.3 Å². The lowest BCUT2D eigenvalue weighted by Gasteiger charge is -2.26. The van der Waals surface area contributed by atoms with E-state index in [2.05, 4.69) is 20.6 Å². The van der Waals surface area contributed by atoms with Gasteiger partial charge in [-0.1, -0.05) is 53.6 Å². The highest BCUT2D eigenvalue weighted by molar-refractivity contribution is 6.33. The first kappa shape index (κ1) is 25.2. The van der Waals surface area contributed by atoms with Crippen molar-refractivity contribution in [2.75, 3.05) is 11.9 Å². The van der Waals surface area contributed by atoms with Crippen LogP contribution in [-0.2, 0) is 11.3 Å². The molecule has 1 aliphatic carbocycles. The van der Waals surface area contributed by atoms with Gasteiger partial charge in [-0.2, -0.15) is 0 Å². The largest absolute Gasteiger partial charge is 0.394 e. The van der Waals surface area contributed by atoms with E-state index in [0.717, 1.165) is 35.1 Å². The lowest BCUT2D eigenvalue weighted by atomic mass is 9.93. The number of carbonyl (C=O) groups is 2. The van der Waals surface area contributed by atoms with Gasteiger partial charge in [0.2, 0.25) is 11.9 Å². The molecule has 0 spiro atoms. The van der Waals surface area contributed by atoms with Crippen molar-refractivity contribution < 1.29 is 14.7 Å². The number of anilines is 1. The number of carbonyl (C=O) groups excluding carboxylic acids is 2. The molecule has 0 radical (unpaired) electrons. The maximum absolute atomic E-state index is 13.4. The van der Waals surface area contributed by atoms with E-state index >= 15 is 0 Å². The molecule has 0 saturated heterocycles. The second-order valence-corrected chi connectivity index (χ2v) is 10.2. The summed E-state index contributed by atoms with van der Waals surface area (Å²) >= 11 is 6.42. The Labute approximate surface area is 221 Å². The highest BCUT2D eigenvalue weighted by atomic mass is 35.5. The quantitative estimate of drug-likeness (QED) is 0.410. The number of amides is 2. The first-order chi connectivity index (χ1) is 17.8. The predicted octanol–water partition coefficient (Wildman–Crippen LogP) is 4.26. The summed E-state index contributed by atoms with van der Waals surface area (Å²) in [6, 6.07) is 12.3. The summed E-state index contributed by atoms with van der Waals surface area (Å²) in [6.07, 6.45) is 4.97. The number of fused-ring (bicyclic) bond motifs is 1. The van der Waals surface area contributed by atoms with Crippen molar-refractivity contribution in [2.45, 2.75) is 57.8 Å². The van der Waals surface area contributed by atoms with Gasteiger partial charge in [0.15, 0.2) is 0 Å². The Kier molecular flexibility index (Phi) is 7.13. The van der Waals surface area contributed by atoms with Crippen LogP contribution in [0.2, 0.25) is 5.02 Å². The summed E-state index contributed by atoms with van der Waals surface area (Å²) in [5.74, 6) is -0.0315. The van der Waals surface area contributed by atoms with Crippen molar-refractivity contribution in [1.29, 1.82) is 0 Å². The standard InChI is InChI=1S/C28H30ClN5O3/c1-16-5-3-6-18(11-16)24(15-35)32-26(36)17(2)34-14-20-10-9-19(12-22(20)27(34)37)25-23(29)13-30-28(33-25)31-21-7-4-8-21/h3,5-6,9-13,17,21,24,35H,4,7-8,14-15H2,1-2H3,(H,32,36)(H,30,31,33)/t17-,24-/m1/s1. The topological polar surface area (TPSA) is 107 Å². The molecule has 2 amide bonds. The van der Waals surface area contributed by atoms with Crippen LogP contribution in [0.1, 0.15) is 59.3 Å². The molecule has 192 valence electrons. The molecule has 8 nitrogen and oxygen atoms in total. The minimum atomic E-state index is -0.719. The number of halogens is 1. The molecule has 3 N–H and O–H groups in total. The Bertz CT molecular complexity index is 1340. The number of aliphatic hydroxyl groups is 1.